The Kier molecular flexibility index (Phi) is 11.5. The molecule has 7 nitrogen and oxygen atoms in total. The molecule has 0 heterocycles. The van der Waals surface area contributed by atoms with Gasteiger partial charge in [0.25, 0.3) is 10.0 Å². The van der Waals surface area contributed by atoms with E-state index in [0.717, 1.165) is 25.9 Å². The summed E-state index contributed by atoms with van der Waals surface area (Å²) >= 11 is 7.63. The van der Waals surface area contributed by atoms with Crippen LogP contribution < -0.4 is 9.62 Å². The number of carbonyl (C=O) groups is 2. The highest BCUT2D eigenvalue weighted by atomic mass is 35.5. The van der Waals surface area contributed by atoms with Crippen LogP contribution in [0.3, 0.4) is 0 Å². The lowest BCUT2D eigenvalue weighted by atomic mass is 10.0. The molecule has 0 saturated carbocycles. The van der Waals surface area contributed by atoms with Crippen molar-refractivity contribution in [2.45, 2.75) is 42.6 Å². The van der Waals surface area contributed by atoms with Crippen molar-refractivity contribution in [2.75, 3.05) is 23.7 Å². The molecule has 4 aromatic carbocycles. The molecule has 1 atom stereocenters. The first-order valence-corrected chi connectivity index (χ1v) is 17.3. The summed E-state index contributed by atoms with van der Waals surface area (Å²) in [4.78, 5) is 30.4. The number of carbonyl (C=O) groups excluding carboxylic acids is 2. The zero-order valence-electron chi connectivity index (χ0n) is 24.9. The molecule has 0 aliphatic carbocycles. The zero-order valence-corrected chi connectivity index (χ0v) is 27.3. The molecule has 0 unspecified atom stereocenters. The van der Waals surface area contributed by atoms with E-state index < -0.39 is 28.5 Å². The molecule has 230 valence electrons. The number of nitrogens with one attached hydrogen (secondary N) is 1. The Bertz CT molecular complexity index is 1650. The van der Waals surface area contributed by atoms with Crippen LogP contribution in [-0.2, 0) is 32.6 Å². The third kappa shape index (κ3) is 8.43. The number of anilines is 1. The molecule has 2 amide bonds. The molecule has 0 aromatic heterocycles. The molecular weight excluding hydrogens is 614 g/mol. The SMILES string of the molecule is CCNC(=O)[C@H](Cc1ccccc1)N(Cc1ccc(Cl)cc1)C(=O)CN(c1ccc(C)cc1)S(=O)(=O)c1ccc(SC)cc1. The van der Waals surface area contributed by atoms with E-state index in [0.29, 0.717) is 17.3 Å². The van der Waals surface area contributed by atoms with Crippen LogP contribution in [0.5, 0.6) is 0 Å². The fraction of sp³-hybridized carbons (Fsp3) is 0.235. The van der Waals surface area contributed by atoms with E-state index in [1.807, 2.05) is 50.4 Å². The molecule has 0 saturated heterocycles. The summed E-state index contributed by atoms with van der Waals surface area (Å²) in [6, 6.07) is 29.1. The molecule has 10 heteroatoms. The van der Waals surface area contributed by atoms with Crippen molar-refractivity contribution in [3.8, 4) is 0 Å². The summed E-state index contributed by atoms with van der Waals surface area (Å²) in [5.41, 5.74) is 2.92. The predicted molar refractivity (Wildman–Crippen MR) is 179 cm³/mol. The van der Waals surface area contributed by atoms with Crippen LogP contribution in [-0.4, -0.2) is 50.5 Å². The van der Waals surface area contributed by atoms with Crippen LogP contribution >= 0.6 is 23.4 Å². The maximum Gasteiger partial charge on any atom is 0.264 e. The number of sulfonamides is 1. The molecule has 1 N–H and O–H groups in total. The Morgan fingerprint density at radius 1 is 0.864 bits per heavy atom. The molecule has 4 aromatic rings. The van der Waals surface area contributed by atoms with Crippen LogP contribution in [0.25, 0.3) is 0 Å². The van der Waals surface area contributed by atoms with Gasteiger partial charge in [-0.05, 0) is 79.8 Å². The predicted octanol–water partition coefficient (Wildman–Crippen LogP) is 6.34. The summed E-state index contributed by atoms with van der Waals surface area (Å²) < 4.78 is 29.4. The molecule has 0 bridgehead atoms. The van der Waals surface area contributed by atoms with Crippen molar-refractivity contribution in [3.63, 3.8) is 0 Å². The van der Waals surface area contributed by atoms with Crippen molar-refractivity contribution < 1.29 is 18.0 Å². The van der Waals surface area contributed by atoms with Gasteiger partial charge in [0, 0.05) is 29.4 Å². The van der Waals surface area contributed by atoms with Crippen LogP contribution in [0.2, 0.25) is 5.02 Å². The number of aryl methyl sites for hydroxylation is 1. The number of rotatable bonds is 13. The van der Waals surface area contributed by atoms with E-state index in [4.69, 9.17) is 11.6 Å². The number of benzene rings is 4. The lowest BCUT2D eigenvalue weighted by Gasteiger charge is -2.34. The van der Waals surface area contributed by atoms with Gasteiger partial charge in [-0.15, -0.1) is 11.8 Å². The normalized spacial score (nSPS) is 11.9. The molecule has 0 aliphatic rings. The second kappa shape index (κ2) is 15.3. The fourth-order valence-electron chi connectivity index (χ4n) is 4.75. The largest absolute Gasteiger partial charge is 0.355 e. The van der Waals surface area contributed by atoms with Crippen LogP contribution in [0.4, 0.5) is 5.69 Å². The fourth-order valence-corrected chi connectivity index (χ4v) is 6.70. The lowest BCUT2D eigenvalue weighted by Crippen LogP contribution is -2.53. The highest BCUT2D eigenvalue weighted by Gasteiger charge is 2.34. The van der Waals surface area contributed by atoms with Crippen LogP contribution in [0, 0.1) is 6.92 Å². The number of halogens is 1. The van der Waals surface area contributed by atoms with Gasteiger partial charge in [-0.3, -0.25) is 13.9 Å². The second-order valence-electron chi connectivity index (χ2n) is 10.3. The maximum atomic E-state index is 14.4. The number of likely N-dealkylation sites (N-methyl/N-ethyl adjacent to an activating group) is 1. The standard InChI is InChI=1S/C34H36ClN3O4S2/c1-4-36-34(40)32(22-26-8-6-5-7-9-26)37(23-27-12-14-28(35)15-13-27)33(39)24-38(29-16-10-25(2)11-17-29)44(41,42)31-20-18-30(43-3)19-21-31/h5-21,32H,4,22-24H2,1-3H3,(H,36,40)/t32-/m0/s1. The summed E-state index contributed by atoms with van der Waals surface area (Å²) in [6.45, 7) is 3.67. The summed E-state index contributed by atoms with van der Waals surface area (Å²) in [7, 11) is -4.16. The van der Waals surface area contributed by atoms with Gasteiger partial charge in [-0.25, -0.2) is 8.42 Å². The average Bonchev–Trinajstić information content (AvgIpc) is 3.03. The van der Waals surface area contributed by atoms with Gasteiger partial charge in [0.1, 0.15) is 12.6 Å². The average molecular weight is 650 g/mol. The minimum Gasteiger partial charge on any atom is -0.355 e. The van der Waals surface area contributed by atoms with E-state index in [2.05, 4.69) is 5.32 Å². The van der Waals surface area contributed by atoms with Crippen molar-refractivity contribution in [1.82, 2.24) is 10.2 Å². The molecular formula is C34H36ClN3O4S2. The summed E-state index contributed by atoms with van der Waals surface area (Å²) in [5, 5.41) is 3.41. The minimum atomic E-state index is -4.16. The van der Waals surface area contributed by atoms with Crippen LogP contribution in [0.1, 0.15) is 23.6 Å². The van der Waals surface area contributed by atoms with E-state index >= 15 is 0 Å². The minimum absolute atomic E-state index is 0.0671. The van der Waals surface area contributed by atoms with Gasteiger partial charge in [-0.2, -0.15) is 0 Å². The second-order valence-corrected chi connectivity index (χ2v) is 13.4. The van der Waals surface area contributed by atoms with Crippen molar-refractivity contribution in [1.29, 1.82) is 0 Å². The Labute approximate surface area is 269 Å². The third-order valence-corrected chi connectivity index (χ3v) is 9.92. The Balaban J connectivity index is 1.78. The summed E-state index contributed by atoms with van der Waals surface area (Å²) in [6.07, 6.45) is 2.16. The lowest BCUT2D eigenvalue weighted by molar-refractivity contribution is -0.140. The van der Waals surface area contributed by atoms with E-state index in [-0.39, 0.29) is 23.8 Å². The van der Waals surface area contributed by atoms with E-state index in [1.54, 1.807) is 72.8 Å². The third-order valence-electron chi connectivity index (χ3n) is 7.14. The van der Waals surface area contributed by atoms with E-state index in [9.17, 15) is 18.0 Å². The Morgan fingerprint density at radius 3 is 2.09 bits per heavy atom. The first-order chi connectivity index (χ1) is 21.1. The molecule has 0 fully saturated rings. The maximum absolute atomic E-state index is 14.4. The molecule has 44 heavy (non-hydrogen) atoms. The molecule has 0 spiro atoms. The quantitative estimate of drug-likeness (QED) is 0.171. The number of hydrogen-bond donors (Lipinski definition) is 1. The molecule has 0 aliphatic heterocycles. The van der Waals surface area contributed by atoms with Crippen molar-refractivity contribution in [2.24, 2.45) is 0 Å². The highest BCUT2D eigenvalue weighted by molar-refractivity contribution is 7.98. The van der Waals surface area contributed by atoms with Crippen molar-refractivity contribution >= 4 is 50.9 Å². The van der Waals surface area contributed by atoms with Gasteiger partial charge in [0.05, 0.1) is 10.6 Å². The monoisotopic (exact) mass is 649 g/mol. The topological polar surface area (TPSA) is 86.8 Å². The van der Waals surface area contributed by atoms with Gasteiger partial charge in [0.2, 0.25) is 11.8 Å². The summed E-state index contributed by atoms with van der Waals surface area (Å²) in [5.74, 6) is -0.840. The van der Waals surface area contributed by atoms with E-state index in [1.165, 1.54) is 16.7 Å². The molecule has 0 radical (unpaired) electrons. The van der Waals surface area contributed by atoms with Gasteiger partial charge < -0.3 is 10.2 Å². The number of hydrogen-bond acceptors (Lipinski definition) is 5. The van der Waals surface area contributed by atoms with Gasteiger partial charge in [0.15, 0.2) is 0 Å². The smallest absolute Gasteiger partial charge is 0.264 e. The first kappa shape index (κ1) is 33.1. The van der Waals surface area contributed by atoms with Crippen molar-refractivity contribution in [3.05, 3.63) is 125 Å². The first-order valence-electron chi connectivity index (χ1n) is 14.2. The zero-order chi connectivity index (χ0) is 31.7. The molecule has 4 rings (SSSR count). The highest BCUT2D eigenvalue weighted by Crippen LogP contribution is 2.27. The Hall–Kier alpha value is -3.79. The number of thioether (sulfide) groups is 1. The van der Waals surface area contributed by atoms with Gasteiger partial charge in [-0.1, -0.05) is 71.8 Å². The Morgan fingerprint density at radius 2 is 1.50 bits per heavy atom. The van der Waals surface area contributed by atoms with Gasteiger partial charge >= 0.3 is 0 Å². The number of nitrogens with zero attached hydrogens (tertiary/aromatic N) is 2. The number of amides is 2. The van der Waals surface area contributed by atoms with Crippen LogP contribution in [0.15, 0.2) is 113 Å².